The highest BCUT2D eigenvalue weighted by molar-refractivity contribution is 5.31. The monoisotopic (exact) mass is 258 g/mol. The van der Waals surface area contributed by atoms with Crippen LogP contribution in [0.15, 0.2) is 18.3 Å². The molecule has 1 heterocycles. The van der Waals surface area contributed by atoms with Crippen molar-refractivity contribution in [1.82, 2.24) is 10.3 Å². The van der Waals surface area contributed by atoms with Crippen LogP contribution in [0.5, 0.6) is 0 Å². The Labute approximate surface area is 117 Å². The van der Waals surface area contributed by atoms with Crippen molar-refractivity contribution < 1.29 is 0 Å². The van der Waals surface area contributed by atoms with Crippen LogP contribution in [0.4, 0.5) is 0 Å². The Bertz CT molecular complexity index is 443. The van der Waals surface area contributed by atoms with Crippen LogP contribution in [0.2, 0.25) is 0 Å². The lowest BCUT2D eigenvalue weighted by Crippen LogP contribution is -2.30. The number of pyridine rings is 1. The third kappa shape index (κ3) is 2.43. The molecular weight excluding hydrogens is 232 g/mol. The van der Waals surface area contributed by atoms with Gasteiger partial charge in [-0.25, -0.2) is 0 Å². The van der Waals surface area contributed by atoms with Crippen molar-refractivity contribution in [3.63, 3.8) is 0 Å². The molecule has 1 aromatic rings. The van der Waals surface area contributed by atoms with E-state index in [4.69, 9.17) is 4.98 Å². The molecule has 3 unspecified atom stereocenters. The summed E-state index contributed by atoms with van der Waals surface area (Å²) in [5, 5.41) is 3.71. The molecule has 1 aromatic heterocycles. The number of nitrogens with one attached hydrogen (secondary N) is 1. The van der Waals surface area contributed by atoms with E-state index in [2.05, 4.69) is 31.3 Å². The molecule has 0 aliphatic heterocycles. The van der Waals surface area contributed by atoms with Gasteiger partial charge >= 0.3 is 0 Å². The van der Waals surface area contributed by atoms with Gasteiger partial charge in [0.2, 0.25) is 0 Å². The van der Waals surface area contributed by atoms with Gasteiger partial charge in [-0.15, -0.1) is 0 Å². The molecular formula is C17H26N2. The Balaban J connectivity index is 1.73. The molecule has 1 saturated carbocycles. The third-order valence-electron chi connectivity index (χ3n) is 5.26. The summed E-state index contributed by atoms with van der Waals surface area (Å²) in [4.78, 5) is 4.70. The number of aromatic nitrogens is 1. The van der Waals surface area contributed by atoms with Crippen molar-refractivity contribution in [2.45, 2.75) is 64.3 Å². The summed E-state index contributed by atoms with van der Waals surface area (Å²) >= 11 is 0. The van der Waals surface area contributed by atoms with E-state index in [1.807, 2.05) is 6.20 Å². The first-order valence-electron chi connectivity index (χ1n) is 7.90. The molecule has 0 radical (unpaired) electrons. The van der Waals surface area contributed by atoms with E-state index < -0.39 is 0 Å². The van der Waals surface area contributed by atoms with E-state index >= 15 is 0 Å². The predicted molar refractivity (Wildman–Crippen MR) is 79.3 cm³/mol. The second-order valence-corrected chi connectivity index (χ2v) is 6.69. The quantitative estimate of drug-likeness (QED) is 0.891. The second-order valence-electron chi connectivity index (χ2n) is 6.69. The van der Waals surface area contributed by atoms with Crippen LogP contribution in [0.1, 0.15) is 63.1 Å². The third-order valence-corrected chi connectivity index (χ3v) is 5.26. The van der Waals surface area contributed by atoms with Gasteiger partial charge in [-0.1, -0.05) is 19.9 Å². The van der Waals surface area contributed by atoms with Crippen LogP contribution < -0.4 is 5.32 Å². The van der Waals surface area contributed by atoms with E-state index in [-0.39, 0.29) is 0 Å². The summed E-state index contributed by atoms with van der Waals surface area (Å²) in [5.74, 6) is 0.692. The van der Waals surface area contributed by atoms with Gasteiger partial charge < -0.3 is 5.32 Å². The molecule has 0 amide bonds. The fraction of sp³-hybridized carbons (Fsp3) is 0.706. The Morgan fingerprint density at radius 3 is 3.16 bits per heavy atom. The fourth-order valence-electron chi connectivity index (χ4n) is 4.20. The van der Waals surface area contributed by atoms with Crippen molar-refractivity contribution in [1.29, 1.82) is 0 Å². The number of hydrogen-bond acceptors (Lipinski definition) is 2. The summed E-state index contributed by atoms with van der Waals surface area (Å²) in [5.41, 5.74) is 3.37. The predicted octanol–water partition coefficient (Wildman–Crippen LogP) is 3.67. The Kier molecular flexibility index (Phi) is 3.62. The summed E-state index contributed by atoms with van der Waals surface area (Å²) in [6, 6.07) is 5.09. The molecule has 2 nitrogen and oxygen atoms in total. The van der Waals surface area contributed by atoms with E-state index in [0.29, 0.717) is 11.3 Å². The molecule has 2 heteroatoms. The number of fused-ring (bicyclic) bond motifs is 1. The maximum Gasteiger partial charge on any atom is 0.0471 e. The normalized spacial score (nSPS) is 33.6. The summed E-state index contributed by atoms with van der Waals surface area (Å²) < 4.78 is 0. The van der Waals surface area contributed by atoms with Crippen LogP contribution in [0.3, 0.4) is 0 Å². The smallest absolute Gasteiger partial charge is 0.0471 e. The van der Waals surface area contributed by atoms with Gasteiger partial charge in [-0.05, 0) is 62.1 Å². The second kappa shape index (κ2) is 5.24. The number of hydrogen-bond donors (Lipinski definition) is 1. The standard InChI is InChI=1S/C17H26N2/c1-3-10-18-14-8-9-17(2,12-14)15-7-6-13-5-4-11-19-16(13)15/h4-5,11,14-15,18H,3,6-10,12H2,1-2H3. The van der Waals surface area contributed by atoms with E-state index in [9.17, 15) is 0 Å². The first kappa shape index (κ1) is 13.1. The van der Waals surface area contributed by atoms with E-state index in [0.717, 1.165) is 6.04 Å². The number of aryl methyl sites for hydroxylation is 1. The molecule has 3 rings (SSSR count). The SMILES string of the molecule is CCCNC1CCC(C)(C2CCc3cccnc32)C1. The molecule has 104 valence electrons. The van der Waals surface area contributed by atoms with Crippen molar-refractivity contribution in [2.24, 2.45) is 5.41 Å². The lowest BCUT2D eigenvalue weighted by molar-refractivity contribution is 0.248. The molecule has 0 aromatic carbocycles. The van der Waals surface area contributed by atoms with Gasteiger partial charge in [-0.2, -0.15) is 0 Å². The zero-order chi connectivity index (χ0) is 13.3. The lowest BCUT2D eigenvalue weighted by Gasteiger charge is -2.31. The molecule has 0 bridgehead atoms. The van der Waals surface area contributed by atoms with Gasteiger partial charge in [-0.3, -0.25) is 4.98 Å². The number of nitrogens with zero attached hydrogens (tertiary/aromatic N) is 1. The van der Waals surface area contributed by atoms with Crippen LogP contribution in [-0.4, -0.2) is 17.6 Å². The maximum absolute atomic E-state index is 4.70. The minimum atomic E-state index is 0.463. The summed E-state index contributed by atoms with van der Waals surface area (Å²) in [6.45, 7) is 5.91. The van der Waals surface area contributed by atoms with Crippen molar-refractivity contribution in [3.05, 3.63) is 29.6 Å². The molecule has 2 aliphatic rings. The average Bonchev–Trinajstić information content (AvgIpc) is 3.01. The largest absolute Gasteiger partial charge is 0.314 e. The minimum Gasteiger partial charge on any atom is -0.314 e. The Morgan fingerprint density at radius 2 is 2.32 bits per heavy atom. The van der Waals surface area contributed by atoms with Gasteiger partial charge in [0.15, 0.2) is 0 Å². The number of rotatable bonds is 4. The Morgan fingerprint density at radius 1 is 1.42 bits per heavy atom. The van der Waals surface area contributed by atoms with Crippen LogP contribution in [0, 0.1) is 5.41 Å². The van der Waals surface area contributed by atoms with Crippen molar-refractivity contribution in [3.8, 4) is 0 Å². The molecule has 1 fully saturated rings. The summed E-state index contributed by atoms with van der Waals surface area (Å²) in [6.07, 6.45) is 9.78. The van der Waals surface area contributed by atoms with Gasteiger partial charge in [0.05, 0.1) is 0 Å². The van der Waals surface area contributed by atoms with Gasteiger partial charge in [0, 0.05) is 23.9 Å². The Hall–Kier alpha value is -0.890. The molecule has 0 spiro atoms. The topological polar surface area (TPSA) is 24.9 Å². The van der Waals surface area contributed by atoms with Crippen LogP contribution in [0.25, 0.3) is 0 Å². The lowest BCUT2D eigenvalue weighted by atomic mass is 9.74. The minimum absolute atomic E-state index is 0.463. The van der Waals surface area contributed by atoms with E-state index in [1.165, 1.54) is 56.3 Å². The highest BCUT2D eigenvalue weighted by Gasteiger charge is 2.44. The average molecular weight is 258 g/mol. The van der Waals surface area contributed by atoms with Crippen molar-refractivity contribution >= 4 is 0 Å². The fourth-order valence-corrected chi connectivity index (χ4v) is 4.20. The van der Waals surface area contributed by atoms with Gasteiger partial charge in [0.25, 0.3) is 0 Å². The highest BCUT2D eigenvalue weighted by atomic mass is 14.9. The highest BCUT2D eigenvalue weighted by Crippen LogP contribution is 2.52. The molecule has 3 atom stereocenters. The summed E-state index contributed by atoms with van der Waals surface area (Å²) in [7, 11) is 0. The van der Waals surface area contributed by atoms with Crippen LogP contribution in [-0.2, 0) is 6.42 Å². The first-order chi connectivity index (χ1) is 9.23. The first-order valence-corrected chi connectivity index (χ1v) is 7.90. The molecule has 1 N–H and O–H groups in total. The maximum atomic E-state index is 4.70. The van der Waals surface area contributed by atoms with Gasteiger partial charge in [0.1, 0.15) is 0 Å². The van der Waals surface area contributed by atoms with Crippen molar-refractivity contribution in [2.75, 3.05) is 6.54 Å². The zero-order valence-corrected chi connectivity index (χ0v) is 12.3. The molecule has 0 saturated heterocycles. The molecule has 19 heavy (non-hydrogen) atoms. The van der Waals surface area contributed by atoms with Crippen LogP contribution >= 0.6 is 0 Å². The van der Waals surface area contributed by atoms with E-state index in [1.54, 1.807) is 0 Å². The molecule has 2 aliphatic carbocycles. The zero-order valence-electron chi connectivity index (χ0n) is 12.3.